The van der Waals surface area contributed by atoms with Crippen LogP contribution in [0, 0.1) is 0 Å². The maximum absolute atomic E-state index is 12.5. The molecule has 6 nitrogen and oxygen atoms in total. The van der Waals surface area contributed by atoms with E-state index >= 15 is 0 Å². The number of rotatable bonds is 5. The topological polar surface area (TPSA) is 90.8 Å². The molecule has 4 rings (SSSR count). The summed E-state index contributed by atoms with van der Waals surface area (Å²) >= 11 is 0. The smallest absolute Gasteiger partial charge is 0.271 e. The minimum absolute atomic E-state index is 0.164. The van der Waals surface area contributed by atoms with Crippen molar-refractivity contribution in [3.8, 4) is 5.75 Å². The van der Waals surface area contributed by atoms with Crippen LogP contribution in [0.3, 0.4) is 0 Å². The average molecular weight is 405 g/mol. The average Bonchev–Trinajstić information content (AvgIpc) is 3.17. The standard InChI is InChI=1S/C22H19N3O3S/c26-20-11-5-6-15-12-13-19(21(15)20)23-24-22(27)16-7-4-10-18(14-16)29(28)25-17-8-2-1-3-9-17/h1-11,14,25-26H,12-13H2,(H,24,27). The number of aromatic hydroxyl groups is 1. The van der Waals surface area contributed by atoms with Crippen LogP contribution in [0.5, 0.6) is 5.75 Å². The third-order valence-electron chi connectivity index (χ3n) is 4.64. The molecule has 1 aliphatic carbocycles. The van der Waals surface area contributed by atoms with Gasteiger partial charge in [-0.3, -0.25) is 4.79 Å². The van der Waals surface area contributed by atoms with E-state index in [9.17, 15) is 14.1 Å². The Kier molecular flexibility index (Phi) is 5.39. The summed E-state index contributed by atoms with van der Waals surface area (Å²) in [4.78, 5) is 13.0. The van der Waals surface area contributed by atoms with Crippen molar-refractivity contribution in [3.63, 3.8) is 0 Å². The zero-order chi connectivity index (χ0) is 20.2. The lowest BCUT2D eigenvalue weighted by Crippen LogP contribution is -2.20. The summed E-state index contributed by atoms with van der Waals surface area (Å²) in [5.41, 5.74) is 5.98. The van der Waals surface area contributed by atoms with Gasteiger partial charge >= 0.3 is 0 Å². The fraction of sp³-hybridized carbons (Fsp3) is 0.0909. The van der Waals surface area contributed by atoms with Gasteiger partial charge in [-0.2, -0.15) is 5.10 Å². The van der Waals surface area contributed by atoms with Crippen molar-refractivity contribution in [1.29, 1.82) is 0 Å². The lowest BCUT2D eigenvalue weighted by atomic mass is 10.1. The molecule has 146 valence electrons. The zero-order valence-electron chi connectivity index (χ0n) is 15.5. The Morgan fingerprint density at radius 1 is 0.966 bits per heavy atom. The number of hydrazone groups is 1. The Labute approximate surface area is 170 Å². The third kappa shape index (κ3) is 4.20. The molecule has 3 aromatic carbocycles. The number of fused-ring (bicyclic) bond motifs is 1. The maximum Gasteiger partial charge on any atom is 0.271 e. The van der Waals surface area contributed by atoms with Crippen molar-refractivity contribution < 1.29 is 14.1 Å². The Morgan fingerprint density at radius 2 is 1.76 bits per heavy atom. The Bertz CT molecular complexity index is 1110. The number of para-hydroxylation sites is 1. The van der Waals surface area contributed by atoms with Gasteiger partial charge in [0.15, 0.2) is 0 Å². The second-order valence-electron chi connectivity index (χ2n) is 6.58. The summed E-state index contributed by atoms with van der Waals surface area (Å²) in [5, 5.41) is 14.3. The van der Waals surface area contributed by atoms with Crippen molar-refractivity contribution >= 4 is 28.3 Å². The predicted octanol–water partition coefficient (Wildman–Crippen LogP) is 3.61. The lowest BCUT2D eigenvalue weighted by molar-refractivity contribution is 0.0954. The Balaban J connectivity index is 1.48. The molecule has 1 unspecified atom stereocenters. The first-order valence-corrected chi connectivity index (χ1v) is 10.3. The summed E-state index contributed by atoms with van der Waals surface area (Å²) in [6.07, 6.45) is 1.43. The van der Waals surface area contributed by atoms with E-state index in [0.29, 0.717) is 28.2 Å². The minimum atomic E-state index is -1.50. The van der Waals surface area contributed by atoms with Crippen LogP contribution >= 0.6 is 0 Å². The molecule has 0 fully saturated rings. The van der Waals surface area contributed by atoms with E-state index in [1.165, 1.54) is 0 Å². The molecule has 0 saturated carbocycles. The van der Waals surface area contributed by atoms with Crippen molar-refractivity contribution in [3.05, 3.63) is 89.5 Å². The van der Waals surface area contributed by atoms with Crippen LogP contribution in [0.4, 0.5) is 5.69 Å². The molecule has 29 heavy (non-hydrogen) atoms. The number of phenolic OH excluding ortho intramolecular Hbond substituents is 1. The van der Waals surface area contributed by atoms with Gasteiger partial charge in [-0.05, 0) is 54.8 Å². The predicted molar refractivity (Wildman–Crippen MR) is 113 cm³/mol. The van der Waals surface area contributed by atoms with Crippen molar-refractivity contribution in [1.82, 2.24) is 5.43 Å². The number of aryl methyl sites for hydroxylation is 1. The van der Waals surface area contributed by atoms with Crippen LogP contribution in [0.2, 0.25) is 0 Å². The highest BCUT2D eigenvalue weighted by Crippen LogP contribution is 2.29. The van der Waals surface area contributed by atoms with Crippen molar-refractivity contribution in [2.45, 2.75) is 17.7 Å². The van der Waals surface area contributed by atoms with E-state index in [-0.39, 0.29) is 5.75 Å². The van der Waals surface area contributed by atoms with Crippen LogP contribution in [0.1, 0.15) is 27.9 Å². The first kappa shape index (κ1) is 18.9. The van der Waals surface area contributed by atoms with E-state index < -0.39 is 16.9 Å². The SMILES string of the molecule is O=C(NN=C1CCc2cccc(O)c21)c1cccc(S(=O)Nc2ccccc2)c1. The van der Waals surface area contributed by atoms with Gasteiger partial charge in [-0.25, -0.2) is 9.63 Å². The van der Waals surface area contributed by atoms with E-state index in [4.69, 9.17) is 0 Å². The summed E-state index contributed by atoms with van der Waals surface area (Å²) in [7, 11) is -1.50. The fourth-order valence-corrected chi connectivity index (χ4v) is 4.13. The molecule has 1 aliphatic rings. The van der Waals surface area contributed by atoms with Gasteiger partial charge in [0.2, 0.25) is 0 Å². The Hall–Kier alpha value is -3.45. The normalized spacial score (nSPS) is 15.0. The number of hydrogen-bond acceptors (Lipinski definition) is 4. The number of benzene rings is 3. The van der Waals surface area contributed by atoms with Crippen molar-refractivity contribution in [2.75, 3.05) is 4.72 Å². The third-order valence-corrected chi connectivity index (χ3v) is 5.74. The highest BCUT2D eigenvalue weighted by atomic mass is 32.2. The largest absolute Gasteiger partial charge is 0.507 e. The fourth-order valence-electron chi connectivity index (χ4n) is 3.23. The number of anilines is 1. The molecule has 3 aromatic rings. The van der Waals surface area contributed by atoms with Gasteiger partial charge in [0.05, 0.1) is 10.6 Å². The molecule has 1 amide bonds. The monoisotopic (exact) mass is 405 g/mol. The molecule has 1 atom stereocenters. The van der Waals surface area contributed by atoms with Crippen LogP contribution in [0.25, 0.3) is 0 Å². The highest BCUT2D eigenvalue weighted by Gasteiger charge is 2.21. The summed E-state index contributed by atoms with van der Waals surface area (Å²) < 4.78 is 15.4. The molecular formula is C22H19N3O3S. The molecule has 7 heteroatoms. The van der Waals surface area contributed by atoms with E-state index in [0.717, 1.165) is 17.7 Å². The van der Waals surface area contributed by atoms with Crippen LogP contribution in [-0.2, 0) is 17.4 Å². The molecule has 3 N–H and O–H groups in total. The lowest BCUT2D eigenvalue weighted by Gasteiger charge is -2.08. The number of nitrogens with one attached hydrogen (secondary N) is 2. The van der Waals surface area contributed by atoms with Crippen LogP contribution in [-0.4, -0.2) is 20.9 Å². The van der Waals surface area contributed by atoms with Crippen LogP contribution in [0.15, 0.2) is 82.8 Å². The Morgan fingerprint density at radius 3 is 2.59 bits per heavy atom. The molecular weight excluding hydrogens is 386 g/mol. The second-order valence-corrected chi connectivity index (χ2v) is 7.79. The van der Waals surface area contributed by atoms with E-state index in [1.807, 2.05) is 36.4 Å². The van der Waals surface area contributed by atoms with Gasteiger partial charge in [0.25, 0.3) is 5.91 Å². The summed E-state index contributed by atoms with van der Waals surface area (Å²) in [6.45, 7) is 0. The van der Waals surface area contributed by atoms with Gasteiger partial charge in [0.1, 0.15) is 16.7 Å². The quantitative estimate of drug-likeness (QED) is 0.567. The summed E-state index contributed by atoms with van der Waals surface area (Å²) in [5.74, 6) is -0.239. The molecule has 0 saturated heterocycles. The van der Waals surface area contributed by atoms with Crippen molar-refractivity contribution in [2.24, 2.45) is 5.10 Å². The van der Waals surface area contributed by atoms with E-state index in [2.05, 4.69) is 15.2 Å². The van der Waals surface area contributed by atoms with Gasteiger partial charge in [-0.1, -0.05) is 36.4 Å². The molecule has 0 aliphatic heterocycles. The van der Waals surface area contributed by atoms with Gasteiger partial charge in [-0.15, -0.1) is 0 Å². The molecule has 0 spiro atoms. The first-order chi connectivity index (χ1) is 14.1. The number of nitrogens with zero attached hydrogens (tertiary/aromatic N) is 1. The first-order valence-electron chi connectivity index (χ1n) is 9.13. The van der Waals surface area contributed by atoms with E-state index in [1.54, 1.807) is 36.4 Å². The number of carbonyl (C=O) groups is 1. The number of amides is 1. The highest BCUT2D eigenvalue weighted by molar-refractivity contribution is 7.86. The number of hydrogen-bond donors (Lipinski definition) is 3. The summed E-state index contributed by atoms with van der Waals surface area (Å²) in [6, 6.07) is 21.1. The van der Waals surface area contributed by atoms with Crippen LogP contribution < -0.4 is 10.1 Å². The molecule has 0 aromatic heterocycles. The zero-order valence-corrected chi connectivity index (χ0v) is 16.3. The molecule has 0 radical (unpaired) electrons. The van der Waals surface area contributed by atoms with Gasteiger partial charge < -0.3 is 9.83 Å². The number of phenols is 1. The number of carbonyl (C=O) groups excluding carboxylic acids is 1. The second kappa shape index (κ2) is 8.28. The molecule has 0 heterocycles. The van der Waals surface area contributed by atoms with Gasteiger partial charge in [0, 0.05) is 16.8 Å². The minimum Gasteiger partial charge on any atom is -0.507 e. The molecule has 0 bridgehead atoms. The maximum atomic E-state index is 12.5.